The van der Waals surface area contributed by atoms with Crippen LogP contribution in [0.4, 0.5) is 11.4 Å². The van der Waals surface area contributed by atoms with Crippen LogP contribution in [0.15, 0.2) is 47.6 Å². The molecule has 0 radical (unpaired) electrons. The van der Waals surface area contributed by atoms with Crippen molar-refractivity contribution in [2.75, 3.05) is 11.1 Å². The van der Waals surface area contributed by atoms with E-state index in [2.05, 4.69) is 20.8 Å². The Balaban J connectivity index is 1.68. The molecule has 1 aromatic heterocycles. The molecule has 1 atom stereocenters. The van der Waals surface area contributed by atoms with Crippen LogP contribution < -0.4 is 10.6 Å². The molecule has 184 valence electrons. The number of anilines is 1. The molecule has 0 spiro atoms. The molecule has 2 amide bonds. The summed E-state index contributed by atoms with van der Waals surface area (Å²) in [5, 5.41) is 25.8. The van der Waals surface area contributed by atoms with Crippen LogP contribution in [-0.4, -0.2) is 37.3 Å². The Morgan fingerprint density at radius 1 is 1.14 bits per heavy atom. The standard InChI is InChI=1S/C24H28N6O4S/c1-14(2)21(26-23(32)17-8-6-7-15(3)11-17)22-27-28-24(29(22)5)35-13-20(31)25-19-12-18(30(33)34)10-9-16(19)4/h6-12,14,21H,13H2,1-5H3,(H,25,31)(H,26,32)/t21-/m0/s1. The van der Waals surface area contributed by atoms with E-state index in [0.717, 1.165) is 11.1 Å². The molecule has 0 fully saturated rings. The third kappa shape index (κ3) is 6.44. The number of hydrogen-bond donors (Lipinski definition) is 2. The number of aromatic nitrogens is 3. The summed E-state index contributed by atoms with van der Waals surface area (Å²) in [6.45, 7) is 7.66. The van der Waals surface area contributed by atoms with Crippen molar-refractivity contribution >= 4 is 35.0 Å². The SMILES string of the molecule is Cc1cccc(C(=O)N[C@H](c2nnc(SCC(=O)Nc3cc([N+](=O)[O-])ccc3C)n2C)C(C)C)c1. The Morgan fingerprint density at radius 3 is 2.54 bits per heavy atom. The number of amides is 2. The van der Waals surface area contributed by atoms with Gasteiger partial charge in [0.05, 0.1) is 22.4 Å². The van der Waals surface area contributed by atoms with Gasteiger partial charge in [-0.05, 0) is 37.5 Å². The molecule has 0 aliphatic carbocycles. The molecule has 3 rings (SSSR count). The van der Waals surface area contributed by atoms with Crippen LogP contribution in [0.5, 0.6) is 0 Å². The molecule has 11 heteroatoms. The number of aryl methyl sites for hydroxylation is 2. The molecule has 0 bridgehead atoms. The third-order valence-corrected chi connectivity index (χ3v) is 6.44. The largest absolute Gasteiger partial charge is 0.342 e. The van der Waals surface area contributed by atoms with Gasteiger partial charge in [0.2, 0.25) is 5.91 Å². The molecular formula is C24H28N6O4S. The van der Waals surface area contributed by atoms with Crippen molar-refractivity contribution < 1.29 is 14.5 Å². The minimum atomic E-state index is -0.506. The molecule has 0 aliphatic rings. The van der Waals surface area contributed by atoms with Gasteiger partial charge in [-0.2, -0.15) is 0 Å². The lowest BCUT2D eigenvalue weighted by Crippen LogP contribution is -2.33. The summed E-state index contributed by atoms with van der Waals surface area (Å²) >= 11 is 1.19. The third-order valence-electron chi connectivity index (χ3n) is 5.42. The van der Waals surface area contributed by atoms with Gasteiger partial charge >= 0.3 is 0 Å². The van der Waals surface area contributed by atoms with E-state index in [1.807, 2.05) is 39.0 Å². The minimum absolute atomic E-state index is 0.0378. The fourth-order valence-corrected chi connectivity index (χ4v) is 4.16. The van der Waals surface area contributed by atoms with E-state index in [-0.39, 0.29) is 35.2 Å². The van der Waals surface area contributed by atoms with Crippen molar-refractivity contribution in [3.63, 3.8) is 0 Å². The molecule has 1 heterocycles. The fraction of sp³-hybridized carbons (Fsp3) is 0.333. The number of nitrogens with zero attached hydrogens (tertiary/aromatic N) is 4. The number of nitro groups is 1. The topological polar surface area (TPSA) is 132 Å². The van der Waals surface area contributed by atoms with Crippen molar-refractivity contribution in [2.24, 2.45) is 13.0 Å². The average molecular weight is 497 g/mol. The number of benzene rings is 2. The lowest BCUT2D eigenvalue weighted by molar-refractivity contribution is -0.384. The van der Waals surface area contributed by atoms with Gasteiger partial charge in [0, 0.05) is 24.7 Å². The first-order chi connectivity index (χ1) is 16.6. The number of carbonyl (C=O) groups is 2. The lowest BCUT2D eigenvalue weighted by atomic mass is 10.0. The van der Waals surface area contributed by atoms with Crippen molar-refractivity contribution in [1.29, 1.82) is 0 Å². The van der Waals surface area contributed by atoms with E-state index in [4.69, 9.17) is 0 Å². The average Bonchev–Trinajstić information content (AvgIpc) is 3.16. The summed E-state index contributed by atoms with van der Waals surface area (Å²) in [4.78, 5) is 35.8. The number of carbonyl (C=O) groups excluding carboxylic acids is 2. The summed E-state index contributed by atoms with van der Waals surface area (Å²) in [5.41, 5.74) is 2.58. The summed E-state index contributed by atoms with van der Waals surface area (Å²) in [7, 11) is 1.79. The molecule has 0 aliphatic heterocycles. The fourth-order valence-electron chi connectivity index (χ4n) is 3.44. The molecule has 10 nitrogen and oxygen atoms in total. The van der Waals surface area contributed by atoms with Gasteiger partial charge in [-0.3, -0.25) is 19.7 Å². The Bertz CT molecular complexity index is 1260. The lowest BCUT2D eigenvalue weighted by Gasteiger charge is -2.21. The zero-order chi connectivity index (χ0) is 25.7. The summed E-state index contributed by atoms with van der Waals surface area (Å²) < 4.78 is 1.76. The van der Waals surface area contributed by atoms with Gasteiger partial charge in [-0.25, -0.2) is 0 Å². The molecule has 0 unspecified atom stereocenters. The summed E-state index contributed by atoms with van der Waals surface area (Å²) in [6, 6.07) is 11.3. The highest BCUT2D eigenvalue weighted by Gasteiger charge is 2.25. The summed E-state index contributed by atoms with van der Waals surface area (Å²) in [6.07, 6.45) is 0. The second-order valence-corrected chi connectivity index (χ2v) is 9.50. The van der Waals surface area contributed by atoms with Crippen molar-refractivity contribution in [3.8, 4) is 0 Å². The van der Waals surface area contributed by atoms with Crippen LogP contribution >= 0.6 is 11.8 Å². The van der Waals surface area contributed by atoms with Crippen LogP contribution in [-0.2, 0) is 11.8 Å². The van der Waals surface area contributed by atoms with Gasteiger partial charge in [-0.15, -0.1) is 10.2 Å². The molecule has 2 aromatic carbocycles. The zero-order valence-corrected chi connectivity index (χ0v) is 21.0. The van der Waals surface area contributed by atoms with E-state index in [9.17, 15) is 19.7 Å². The summed E-state index contributed by atoms with van der Waals surface area (Å²) in [5.74, 6) is 0.145. The maximum atomic E-state index is 12.8. The van der Waals surface area contributed by atoms with E-state index in [1.165, 1.54) is 23.9 Å². The predicted molar refractivity (Wildman–Crippen MR) is 134 cm³/mol. The second-order valence-electron chi connectivity index (χ2n) is 8.56. The Labute approximate surface area is 207 Å². The Kier molecular flexibility index (Phi) is 8.23. The molecule has 35 heavy (non-hydrogen) atoms. The van der Waals surface area contributed by atoms with Gasteiger partial charge in [0.1, 0.15) is 0 Å². The highest BCUT2D eigenvalue weighted by molar-refractivity contribution is 7.99. The van der Waals surface area contributed by atoms with Gasteiger partial charge in [-0.1, -0.05) is 49.4 Å². The quantitative estimate of drug-likeness (QED) is 0.258. The van der Waals surface area contributed by atoms with Crippen LogP contribution in [0, 0.1) is 29.9 Å². The highest BCUT2D eigenvalue weighted by atomic mass is 32.2. The predicted octanol–water partition coefficient (Wildman–Crippen LogP) is 4.20. The number of nitrogens with one attached hydrogen (secondary N) is 2. The van der Waals surface area contributed by atoms with E-state index >= 15 is 0 Å². The van der Waals surface area contributed by atoms with Gasteiger partial charge < -0.3 is 15.2 Å². The number of hydrogen-bond acceptors (Lipinski definition) is 7. The van der Waals surface area contributed by atoms with Gasteiger partial charge in [0.25, 0.3) is 11.6 Å². The van der Waals surface area contributed by atoms with E-state index < -0.39 is 4.92 Å². The second kappa shape index (κ2) is 11.1. The number of rotatable bonds is 9. The molecular weight excluding hydrogens is 468 g/mol. The van der Waals surface area contributed by atoms with Crippen molar-refractivity contribution in [1.82, 2.24) is 20.1 Å². The first-order valence-electron chi connectivity index (χ1n) is 11.0. The Morgan fingerprint density at radius 2 is 1.89 bits per heavy atom. The Hall–Kier alpha value is -3.73. The van der Waals surface area contributed by atoms with E-state index in [1.54, 1.807) is 30.7 Å². The first kappa shape index (κ1) is 25.9. The normalized spacial score (nSPS) is 11.8. The molecule has 3 aromatic rings. The zero-order valence-electron chi connectivity index (χ0n) is 20.2. The smallest absolute Gasteiger partial charge is 0.271 e. The number of non-ortho nitro benzene ring substituents is 1. The number of nitro benzene ring substituents is 1. The van der Waals surface area contributed by atoms with E-state index in [0.29, 0.717) is 22.2 Å². The maximum absolute atomic E-state index is 12.8. The monoisotopic (exact) mass is 496 g/mol. The van der Waals surface area contributed by atoms with Crippen LogP contribution in [0.1, 0.15) is 47.2 Å². The van der Waals surface area contributed by atoms with Crippen molar-refractivity contribution in [2.45, 2.75) is 38.9 Å². The number of thioether (sulfide) groups is 1. The molecule has 0 saturated carbocycles. The first-order valence-corrected chi connectivity index (χ1v) is 12.0. The van der Waals surface area contributed by atoms with Crippen LogP contribution in [0.2, 0.25) is 0 Å². The van der Waals surface area contributed by atoms with Crippen molar-refractivity contribution in [3.05, 3.63) is 75.1 Å². The highest BCUT2D eigenvalue weighted by Crippen LogP contribution is 2.26. The van der Waals surface area contributed by atoms with Crippen LogP contribution in [0.3, 0.4) is 0 Å². The molecule has 0 saturated heterocycles. The molecule has 2 N–H and O–H groups in total. The maximum Gasteiger partial charge on any atom is 0.271 e. The minimum Gasteiger partial charge on any atom is -0.342 e. The van der Waals surface area contributed by atoms with Gasteiger partial charge in [0.15, 0.2) is 11.0 Å². The van der Waals surface area contributed by atoms with Crippen LogP contribution in [0.25, 0.3) is 0 Å².